The van der Waals surface area contributed by atoms with E-state index in [1.165, 1.54) is 31.9 Å². The summed E-state index contributed by atoms with van der Waals surface area (Å²) in [5.74, 6) is 0.767. The van der Waals surface area contributed by atoms with Gasteiger partial charge in [0.1, 0.15) is 12.0 Å². The zero-order valence-electron chi connectivity index (χ0n) is 10.9. The normalized spacial score (nSPS) is 16.3. The van der Waals surface area contributed by atoms with E-state index in [2.05, 4.69) is 17.2 Å². The number of nitrogens with zero attached hydrogens (tertiary/aromatic N) is 2. The number of anilines is 1. The lowest BCUT2D eigenvalue weighted by atomic mass is 10.0. The summed E-state index contributed by atoms with van der Waals surface area (Å²) < 4.78 is 0. The lowest BCUT2D eigenvalue weighted by Gasteiger charge is -2.16. The molecule has 18 heavy (non-hydrogen) atoms. The van der Waals surface area contributed by atoms with Crippen molar-refractivity contribution in [3.05, 3.63) is 27.9 Å². The smallest absolute Gasteiger partial charge is 0.287 e. The summed E-state index contributed by atoms with van der Waals surface area (Å²) in [6.07, 6.45) is 6.31. The van der Waals surface area contributed by atoms with Crippen LogP contribution in [-0.2, 0) is 0 Å². The number of rotatable bonds is 6. The topological polar surface area (TPSA) is 68.1 Å². The highest BCUT2D eigenvalue weighted by molar-refractivity contribution is 5.48. The van der Waals surface area contributed by atoms with Crippen LogP contribution in [0.15, 0.2) is 12.3 Å². The summed E-state index contributed by atoms with van der Waals surface area (Å²) in [5, 5.41) is 14.0. The van der Waals surface area contributed by atoms with E-state index in [0.29, 0.717) is 5.41 Å². The quantitative estimate of drug-likeness (QED) is 0.620. The van der Waals surface area contributed by atoms with Crippen LogP contribution in [0.2, 0.25) is 0 Å². The molecule has 1 aliphatic carbocycles. The maximum atomic E-state index is 10.6. The largest absolute Gasteiger partial charge is 0.369 e. The van der Waals surface area contributed by atoms with Gasteiger partial charge in [-0.25, -0.2) is 4.98 Å². The van der Waals surface area contributed by atoms with Crippen molar-refractivity contribution < 1.29 is 4.92 Å². The van der Waals surface area contributed by atoms with Crippen LogP contribution >= 0.6 is 0 Å². The molecule has 0 aliphatic heterocycles. The van der Waals surface area contributed by atoms with Crippen LogP contribution in [0.4, 0.5) is 11.5 Å². The minimum absolute atomic E-state index is 0.0488. The van der Waals surface area contributed by atoms with Crippen LogP contribution in [0.5, 0.6) is 0 Å². The van der Waals surface area contributed by atoms with Gasteiger partial charge in [-0.2, -0.15) is 0 Å². The van der Waals surface area contributed by atoms with Gasteiger partial charge in [-0.1, -0.05) is 13.3 Å². The van der Waals surface area contributed by atoms with Gasteiger partial charge in [0, 0.05) is 12.6 Å². The molecule has 5 heteroatoms. The van der Waals surface area contributed by atoms with E-state index >= 15 is 0 Å². The molecule has 1 fully saturated rings. The molecule has 1 aromatic rings. The standard InChI is InChI=1S/C13H19N3O2/c1-3-4-13(5-6-13)9-15-12-10(2)7-11(8-14-12)16(17)18/h7-8H,3-6,9H2,1-2H3,(H,14,15). The van der Waals surface area contributed by atoms with Crippen molar-refractivity contribution in [2.24, 2.45) is 5.41 Å². The molecule has 0 spiro atoms. The molecule has 0 radical (unpaired) electrons. The van der Waals surface area contributed by atoms with Crippen molar-refractivity contribution in [1.82, 2.24) is 4.98 Å². The number of nitro groups is 1. The molecule has 0 aromatic carbocycles. The second-order valence-corrected chi connectivity index (χ2v) is 5.22. The number of pyridine rings is 1. The van der Waals surface area contributed by atoms with Gasteiger partial charge in [-0.05, 0) is 37.2 Å². The van der Waals surface area contributed by atoms with E-state index < -0.39 is 4.92 Å². The minimum atomic E-state index is -0.413. The molecule has 0 bridgehead atoms. The van der Waals surface area contributed by atoms with Crippen LogP contribution < -0.4 is 5.32 Å². The zero-order chi connectivity index (χ0) is 13.2. The molecular weight excluding hydrogens is 230 g/mol. The third kappa shape index (κ3) is 2.78. The monoisotopic (exact) mass is 249 g/mol. The second-order valence-electron chi connectivity index (χ2n) is 5.22. The Hall–Kier alpha value is -1.65. The molecule has 0 saturated heterocycles. The molecule has 98 valence electrons. The maximum Gasteiger partial charge on any atom is 0.287 e. The fourth-order valence-corrected chi connectivity index (χ4v) is 2.34. The molecule has 5 nitrogen and oxygen atoms in total. The van der Waals surface area contributed by atoms with Crippen molar-refractivity contribution in [3.8, 4) is 0 Å². The molecule has 1 heterocycles. The molecule has 0 amide bonds. The number of hydrogen-bond donors (Lipinski definition) is 1. The van der Waals surface area contributed by atoms with Crippen molar-refractivity contribution in [3.63, 3.8) is 0 Å². The van der Waals surface area contributed by atoms with Crippen LogP contribution in [0, 0.1) is 22.5 Å². The lowest BCUT2D eigenvalue weighted by molar-refractivity contribution is -0.385. The first kappa shape index (κ1) is 12.8. The average Bonchev–Trinajstić information content (AvgIpc) is 3.08. The minimum Gasteiger partial charge on any atom is -0.369 e. The van der Waals surface area contributed by atoms with Gasteiger partial charge in [0.05, 0.1) is 4.92 Å². The van der Waals surface area contributed by atoms with E-state index in [0.717, 1.165) is 17.9 Å². The molecule has 1 saturated carbocycles. The van der Waals surface area contributed by atoms with Gasteiger partial charge in [0.15, 0.2) is 0 Å². The second kappa shape index (κ2) is 4.92. The maximum absolute atomic E-state index is 10.6. The van der Waals surface area contributed by atoms with Crippen LogP contribution in [0.25, 0.3) is 0 Å². The number of aryl methyl sites for hydroxylation is 1. The lowest BCUT2D eigenvalue weighted by Crippen LogP contribution is -2.16. The van der Waals surface area contributed by atoms with Gasteiger partial charge < -0.3 is 5.32 Å². The fraction of sp³-hybridized carbons (Fsp3) is 0.615. The highest BCUT2D eigenvalue weighted by Crippen LogP contribution is 2.49. The predicted octanol–water partition coefficient (Wildman–Crippen LogP) is 3.29. The fourth-order valence-electron chi connectivity index (χ4n) is 2.34. The summed E-state index contributed by atoms with van der Waals surface area (Å²) in [5.41, 5.74) is 1.33. The molecule has 1 N–H and O–H groups in total. The third-order valence-corrected chi connectivity index (χ3v) is 3.64. The van der Waals surface area contributed by atoms with Crippen LogP contribution in [0.3, 0.4) is 0 Å². The average molecular weight is 249 g/mol. The summed E-state index contributed by atoms with van der Waals surface area (Å²) in [4.78, 5) is 14.3. The molecular formula is C13H19N3O2. The first-order valence-electron chi connectivity index (χ1n) is 6.41. The molecule has 0 atom stereocenters. The first-order chi connectivity index (χ1) is 8.56. The molecule has 2 rings (SSSR count). The first-order valence-corrected chi connectivity index (χ1v) is 6.41. The molecule has 0 unspecified atom stereocenters. The highest BCUT2D eigenvalue weighted by atomic mass is 16.6. The van der Waals surface area contributed by atoms with Gasteiger partial charge >= 0.3 is 0 Å². The Balaban J connectivity index is 2.00. The van der Waals surface area contributed by atoms with Gasteiger partial charge in [0.25, 0.3) is 5.69 Å². The van der Waals surface area contributed by atoms with Crippen molar-refractivity contribution >= 4 is 11.5 Å². The van der Waals surface area contributed by atoms with Crippen molar-refractivity contribution in [2.75, 3.05) is 11.9 Å². The number of hydrogen-bond acceptors (Lipinski definition) is 4. The Morgan fingerprint density at radius 2 is 2.28 bits per heavy atom. The SMILES string of the molecule is CCCC1(CNc2ncc([N+](=O)[O-])cc2C)CC1. The van der Waals surface area contributed by atoms with E-state index in [4.69, 9.17) is 0 Å². The van der Waals surface area contributed by atoms with Gasteiger partial charge in [-0.3, -0.25) is 10.1 Å². The van der Waals surface area contributed by atoms with Crippen LogP contribution in [0.1, 0.15) is 38.2 Å². The predicted molar refractivity (Wildman–Crippen MR) is 70.7 cm³/mol. The van der Waals surface area contributed by atoms with Crippen LogP contribution in [-0.4, -0.2) is 16.5 Å². The Morgan fingerprint density at radius 1 is 1.56 bits per heavy atom. The summed E-state index contributed by atoms with van der Waals surface area (Å²) in [6, 6.07) is 1.56. The molecule has 1 aliphatic rings. The summed E-state index contributed by atoms with van der Waals surface area (Å²) in [6.45, 7) is 4.98. The summed E-state index contributed by atoms with van der Waals surface area (Å²) >= 11 is 0. The number of aromatic nitrogens is 1. The Bertz CT molecular complexity index is 456. The van der Waals surface area contributed by atoms with E-state index in [9.17, 15) is 10.1 Å². The summed E-state index contributed by atoms with van der Waals surface area (Å²) in [7, 11) is 0. The number of nitrogens with one attached hydrogen (secondary N) is 1. The van der Waals surface area contributed by atoms with E-state index in [1.54, 1.807) is 6.07 Å². The van der Waals surface area contributed by atoms with Crippen molar-refractivity contribution in [2.45, 2.75) is 39.5 Å². The highest BCUT2D eigenvalue weighted by Gasteiger charge is 2.41. The Labute approximate surface area is 107 Å². The van der Waals surface area contributed by atoms with E-state index in [-0.39, 0.29) is 5.69 Å². The van der Waals surface area contributed by atoms with Gasteiger partial charge in [0.2, 0.25) is 0 Å². The third-order valence-electron chi connectivity index (χ3n) is 3.64. The Kier molecular flexibility index (Phi) is 3.50. The van der Waals surface area contributed by atoms with Gasteiger partial charge in [-0.15, -0.1) is 0 Å². The zero-order valence-corrected chi connectivity index (χ0v) is 10.9. The Morgan fingerprint density at radius 3 is 2.78 bits per heavy atom. The van der Waals surface area contributed by atoms with Crippen molar-refractivity contribution in [1.29, 1.82) is 0 Å². The van der Waals surface area contributed by atoms with E-state index in [1.807, 2.05) is 6.92 Å². The molecule has 1 aromatic heterocycles.